The number of aliphatic hydroxyl groups is 1. The molecule has 1 aromatic carbocycles. The first kappa shape index (κ1) is 15.9. The van der Waals surface area contributed by atoms with Gasteiger partial charge >= 0.3 is 0 Å². The number of piperidine rings is 1. The molecular weight excluding hydrogens is 266 g/mol. The van der Waals surface area contributed by atoms with E-state index in [0.717, 1.165) is 31.5 Å². The summed E-state index contributed by atoms with van der Waals surface area (Å²) in [4.78, 5) is 13.3. The Bertz CT molecular complexity index is 444. The van der Waals surface area contributed by atoms with Crippen LogP contribution in [0.1, 0.15) is 18.4 Å². The molecule has 0 radical (unpaired) electrons. The third-order valence-electron chi connectivity index (χ3n) is 4.24. The minimum absolute atomic E-state index is 0.0172. The van der Waals surface area contributed by atoms with Gasteiger partial charge in [-0.05, 0) is 37.9 Å². The standard InChI is InChI=1S/C16H25N3O2/c17-14(10-12-4-2-1-3-5-12)15(20)11-19-8-6-13(7-9-19)16(18)21/h1-5,13-15,20H,6-11,17H2,(H2,18,21)/t14-,15+/m0/s1. The van der Waals surface area contributed by atoms with E-state index in [0.29, 0.717) is 13.0 Å². The second-order valence-electron chi connectivity index (χ2n) is 5.90. The van der Waals surface area contributed by atoms with Gasteiger partial charge < -0.3 is 21.5 Å². The first-order valence-electron chi connectivity index (χ1n) is 7.55. The normalized spacial score (nSPS) is 20.1. The molecule has 0 unspecified atom stereocenters. The predicted molar refractivity (Wildman–Crippen MR) is 82.5 cm³/mol. The second kappa shape index (κ2) is 7.54. The number of amides is 1. The number of hydrogen-bond acceptors (Lipinski definition) is 4. The average molecular weight is 291 g/mol. The molecule has 1 heterocycles. The number of hydrogen-bond donors (Lipinski definition) is 3. The lowest BCUT2D eigenvalue weighted by Gasteiger charge is -2.33. The fraction of sp³-hybridized carbons (Fsp3) is 0.562. The maximum Gasteiger partial charge on any atom is 0.220 e. The number of carbonyl (C=O) groups is 1. The van der Waals surface area contributed by atoms with Crippen LogP contribution in [0.5, 0.6) is 0 Å². The number of aliphatic hydroxyl groups excluding tert-OH is 1. The van der Waals surface area contributed by atoms with Crippen LogP contribution in [-0.2, 0) is 11.2 Å². The van der Waals surface area contributed by atoms with Crippen molar-refractivity contribution in [2.24, 2.45) is 17.4 Å². The molecule has 0 bridgehead atoms. The van der Waals surface area contributed by atoms with Crippen LogP contribution in [0, 0.1) is 5.92 Å². The Hall–Kier alpha value is -1.43. The van der Waals surface area contributed by atoms with Crippen LogP contribution < -0.4 is 11.5 Å². The molecule has 2 atom stereocenters. The van der Waals surface area contributed by atoms with Crippen LogP contribution in [0.15, 0.2) is 30.3 Å². The highest BCUT2D eigenvalue weighted by Crippen LogP contribution is 2.17. The molecule has 1 aliphatic heterocycles. The van der Waals surface area contributed by atoms with Crippen molar-refractivity contribution >= 4 is 5.91 Å². The first-order chi connectivity index (χ1) is 10.1. The maximum atomic E-state index is 11.1. The van der Waals surface area contributed by atoms with Crippen molar-refractivity contribution in [3.05, 3.63) is 35.9 Å². The third-order valence-corrected chi connectivity index (χ3v) is 4.24. The average Bonchev–Trinajstić information content (AvgIpc) is 2.48. The summed E-state index contributed by atoms with van der Waals surface area (Å²) in [6, 6.07) is 9.68. The summed E-state index contributed by atoms with van der Waals surface area (Å²) in [6.45, 7) is 2.14. The maximum absolute atomic E-state index is 11.1. The zero-order valence-corrected chi connectivity index (χ0v) is 12.3. The summed E-state index contributed by atoms with van der Waals surface area (Å²) >= 11 is 0. The minimum atomic E-state index is -0.560. The number of likely N-dealkylation sites (tertiary alicyclic amines) is 1. The Morgan fingerprint density at radius 3 is 2.48 bits per heavy atom. The Morgan fingerprint density at radius 1 is 1.29 bits per heavy atom. The van der Waals surface area contributed by atoms with Gasteiger partial charge in [-0.1, -0.05) is 30.3 Å². The molecule has 1 fully saturated rings. The highest BCUT2D eigenvalue weighted by Gasteiger charge is 2.25. The summed E-state index contributed by atoms with van der Waals surface area (Å²) < 4.78 is 0. The zero-order chi connectivity index (χ0) is 15.2. The predicted octanol–water partition coefficient (Wildman–Crippen LogP) is 0.115. The summed E-state index contributed by atoms with van der Waals surface area (Å²) in [6.07, 6.45) is 1.65. The Balaban J connectivity index is 1.76. The molecule has 1 saturated heterocycles. The fourth-order valence-electron chi connectivity index (χ4n) is 2.82. The van der Waals surface area contributed by atoms with Crippen molar-refractivity contribution in [3.8, 4) is 0 Å². The zero-order valence-electron chi connectivity index (χ0n) is 12.3. The van der Waals surface area contributed by atoms with Crippen molar-refractivity contribution in [1.29, 1.82) is 0 Å². The lowest BCUT2D eigenvalue weighted by atomic mass is 9.95. The van der Waals surface area contributed by atoms with Gasteiger partial charge in [0.2, 0.25) is 5.91 Å². The number of rotatable bonds is 6. The summed E-state index contributed by atoms with van der Waals surface area (Å²) in [5.41, 5.74) is 12.5. The van der Waals surface area contributed by atoms with E-state index >= 15 is 0 Å². The van der Waals surface area contributed by atoms with Gasteiger partial charge in [-0.2, -0.15) is 0 Å². The molecule has 1 amide bonds. The summed E-state index contributed by atoms with van der Waals surface area (Å²) in [5.74, 6) is -0.229. The molecule has 21 heavy (non-hydrogen) atoms. The van der Waals surface area contributed by atoms with Crippen LogP contribution >= 0.6 is 0 Å². The number of benzene rings is 1. The molecule has 0 spiro atoms. The minimum Gasteiger partial charge on any atom is -0.390 e. The van der Waals surface area contributed by atoms with Gasteiger partial charge in [-0.25, -0.2) is 0 Å². The van der Waals surface area contributed by atoms with Crippen LogP contribution in [0.3, 0.4) is 0 Å². The molecule has 1 aliphatic rings. The largest absolute Gasteiger partial charge is 0.390 e. The van der Waals surface area contributed by atoms with Crippen molar-refractivity contribution < 1.29 is 9.90 Å². The molecule has 1 aromatic rings. The number of β-amino-alcohol motifs (C(OH)–C–C–N with tert-alkyl or cyclic N) is 1. The molecule has 2 rings (SSSR count). The van der Waals surface area contributed by atoms with E-state index in [9.17, 15) is 9.90 Å². The Morgan fingerprint density at radius 2 is 1.90 bits per heavy atom. The van der Waals surface area contributed by atoms with Gasteiger partial charge in [-0.15, -0.1) is 0 Å². The van der Waals surface area contributed by atoms with E-state index in [1.807, 2.05) is 30.3 Å². The molecule has 0 aliphatic carbocycles. The fourth-order valence-corrected chi connectivity index (χ4v) is 2.82. The van der Waals surface area contributed by atoms with Crippen LogP contribution in [0.25, 0.3) is 0 Å². The quantitative estimate of drug-likeness (QED) is 0.694. The van der Waals surface area contributed by atoms with Gasteiger partial charge in [0, 0.05) is 18.5 Å². The summed E-state index contributed by atoms with van der Waals surface area (Å²) in [5, 5.41) is 10.2. The molecular formula is C16H25N3O2. The highest BCUT2D eigenvalue weighted by atomic mass is 16.3. The molecule has 5 nitrogen and oxygen atoms in total. The van der Waals surface area contributed by atoms with E-state index in [1.54, 1.807) is 0 Å². The number of nitrogens with two attached hydrogens (primary N) is 2. The molecule has 0 saturated carbocycles. The molecule has 5 N–H and O–H groups in total. The van der Waals surface area contributed by atoms with E-state index in [-0.39, 0.29) is 17.9 Å². The van der Waals surface area contributed by atoms with Crippen LogP contribution in [0.2, 0.25) is 0 Å². The van der Waals surface area contributed by atoms with Gasteiger partial charge in [0.25, 0.3) is 0 Å². The number of carbonyl (C=O) groups excluding carboxylic acids is 1. The Kier molecular flexibility index (Phi) is 5.73. The third kappa shape index (κ3) is 4.81. The SMILES string of the molecule is NC(=O)C1CCN(C[C@@H](O)[C@@H](N)Cc2ccccc2)CC1. The van der Waals surface area contributed by atoms with Crippen molar-refractivity contribution in [2.45, 2.75) is 31.4 Å². The van der Waals surface area contributed by atoms with Gasteiger partial charge in [-0.3, -0.25) is 4.79 Å². The van der Waals surface area contributed by atoms with E-state index in [2.05, 4.69) is 4.90 Å². The van der Waals surface area contributed by atoms with Crippen molar-refractivity contribution in [1.82, 2.24) is 4.90 Å². The highest BCUT2D eigenvalue weighted by molar-refractivity contribution is 5.76. The van der Waals surface area contributed by atoms with E-state index in [4.69, 9.17) is 11.5 Å². The topological polar surface area (TPSA) is 92.6 Å². The first-order valence-corrected chi connectivity index (χ1v) is 7.55. The Labute approximate surface area is 125 Å². The number of primary amides is 1. The lowest BCUT2D eigenvalue weighted by Crippen LogP contribution is -2.47. The molecule has 5 heteroatoms. The van der Waals surface area contributed by atoms with Crippen LogP contribution in [0.4, 0.5) is 0 Å². The van der Waals surface area contributed by atoms with E-state index in [1.165, 1.54) is 0 Å². The molecule has 116 valence electrons. The molecule has 0 aromatic heterocycles. The van der Waals surface area contributed by atoms with Crippen molar-refractivity contribution in [2.75, 3.05) is 19.6 Å². The lowest BCUT2D eigenvalue weighted by molar-refractivity contribution is -0.123. The van der Waals surface area contributed by atoms with Gasteiger partial charge in [0.15, 0.2) is 0 Å². The van der Waals surface area contributed by atoms with E-state index < -0.39 is 6.10 Å². The number of nitrogens with zero attached hydrogens (tertiary/aromatic N) is 1. The van der Waals surface area contributed by atoms with Crippen molar-refractivity contribution in [3.63, 3.8) is 0 Å². The summed E-state index contributed by atoms with van der Waals surface area (Å²) in [7, 11) is 0. The monoisotopic (exact) mass is 291 g/mol. The van der Waals surface area contributed by atoms with Gasteiger partial charge in [0.1, 0.15) is 0 Å². The van der Waals surface area contributed by atoms with Gasteiger partial charge in [0.05, 0.1) is 6.10 Å². The van der Waals surface area contributed by atoms with Crippen LogP contribution in [-0.4, -0.2) is 47.7 Å². The smallest absolute Gasteiger partial charge is 0.220 e. The second-order valence-corrected chi connectivity index (χ2v) is 5.90.